The van der Waals surface area contributed by atoms with Crippen molar-refractivity contribution in [1.29, 1.82) is 0 Å². The van der Waals surface area contributed by atoms with Gasteiger partial charge in [-0.15, -0.1) is 13.2 Å². The number of hydrogen-bond acceptors (Lipinski definition) is 6. The number of sulfonamides is 1. The summed E-state index contributed by atoms with van der Waals surface area (Å²) >= 11 is 0. The van der Waals surface area contributed by atoms with E-state index >= 15 is 0 Å². The Morgan fingerprint density at radius 2 is 1.81 bits per heavy atom. The van der Waals surface area contributed by atoms with Crippen LogP contribution in [0.15, 0.2) is 52.0 Å². The molecule has 2 aromatic rings. The van der Waals surface area contributed by atoms with Crippen molar-refractivity contribution in [2.24, 2.45) is 0 Å². The van der Waals surface area contributed by atoms with Crippen LogP contribution in [0.5, 0.6) is 5.75 Å². The molecule has 1 aromatic carbocycles. The topological polar surface area (TPSA) is 101 Å². The molecule has 0 spiro atoms. The normalized spacial score (nSPS) is 13.2. The number of nitrogens with one attached hydrogen (secondary N) is 2. The first-order valence-electron chi connectivity index (χ1n) is 9.95. The van der Waals surface area contributed by atoms with E-state index in [1.54, 1.807) is 12.3 Å². The van der Waals surface area contributed by atoms with Crippen molar-refractivity contribution in [2.45, 2.75) is 37.6 Å². The van der Waals surface area contributed by atoms with Crippen LogP contribution in [0, 0.1) is 0 Å². The number of benzene rings is 1. The van der Waals surface area contributed by atoms with Gasteiger partial charge in [0.15, 0.2) is 0 Å². The molecule has 0 bridgehead atoms. The predicted molar refractivity (Wildman–Crippen MR) is 110 cm³/mol. The maximum absolute atomic E-state index is 12.3. The summed E-state index contributed by atoms with van der Waals surface area (Å²) in [4.78, 5) is 14.1. The third-order valence-corrected chi connectivity index (χ3v) is 6.11. The molecule has 12 heteroatoms. The van der Waals surface area contributed by atoms with Gasteiger partial charge in [-0.1, -0.05) is 13.8 Å². The van der Waals surface area contributed by atoms with Crippen LogP contribution >= 0.6 is 0 Å². The summed E-state index contributed by atoms with van der Waals surface area (Å²) in [6, 6.07) is 7.22. The summed E-state index contributed by atoms with van der Waals surface area (Å²) < 4.78 is 72.6. The minimum atomic E-state index is -4.87. The van der Waals surface area contributed by atoms with E-state index in [2.05, 4.69) is 19.7 Å². The second-order valence-corrected chi connectivity index (χ2v) is 8.49. The van der Waals surface area contributed by atoms with Gasteiger partial charge in [-0.05, 0) is 49.5 Å². The van der Waals surface area contributed by atoms with Crippen LogP contribution in [0.4, 0.5) is 13.2 Å². The van der Waals surface area contributed by atoms with Gasteiger partial charge in [0, 0.05) is 19.5 Å². The largest absolute Gasteiger partial charge is 0.573 e. The number of ether oxygens (including phenoxy) is 1. The molecule has 178 valence electrons. The van der Waals surface area contributed by atoms with Gasteiger partial charge in [-0.25, -0.2) is 13.1 Å². The zero-order chi connectivity index (χ0) is 23.8. The summed E-state index contributed by atoms with van der Waals surface area (Å²) in [6.07, 6.45) is -3.42. The highest BCUT2D eigenvalue weighted by atomic mass is 32.2. The molecule has 0 radical (unpaired) electrons. The zero-order valence-electron chi connectivity index (χ0n) is 17.7. The quantitative estimate of drug-likeness (QED) is 0.487. The Morgan fingerprint density at radius 3 is 2.34 bits per heavy atom. The van der Waals surface area contributed by atoms with Crippen LogP contribution in [-0.4, -0.2) is 51.8 Å². The molecule has 2 rings (SSSR count). The fraction of sp³-hybridized carbons (Fsp3) is 0.450. The number of carbonyl (C=O) groups excluding carboxylic acids is 1. The lowest BCUT2D eigenvalue weighted by molar-refractivity contribution is -0.274. The number of amides is 1. The Kier molecular flexibility index (Phi) is 9.10. The molecule has 0 saturated heterocycles. The van der Waals surface area contributed by atoms with Crippen molar-refractivity contribution in [2.75, 3.05) is 26.2 Å². The Bertz CT molecular complexity index is 944. The van der Waals surface area contributed by atoms with E-state index in [0.717, 1.165) is 37.4 Å². The molecule has 1 heterocycles. The molecule has 0 aliphatic rings. The third-order valence-electron chi connectivity index (χ3n) is 4.63. The molecule has 1 amide bonds. The number of likely N-dealkylation sites (N-methyl/N-ethyl adjacent to an activating group) is 1. The van der Waals surface area contributed by atoms with Gasteiger partial charge in [0.25, 0.3) is 0 Å². The predicted octanol–water partition coefficient (Wildman–Crippen LogP) is 3.05. The molecular weight excluding hydrogens is 451 g/mol. The summed E-state index contributed by atoms with van der Waals surface area (Å²) in [6.45, 7) is 5.62. The number of carbonyl (C=O) groups is 1. The number of rotatable bonds is 12. The highest BCUT2D eigenvalue weighted by molar-refractivity contribution is 7.89. The number of furan rings is 1. The standard InChI is InChI=1S/C20H26F3N3O5S/c1-3-26(4-2)17(18-6-5-13-30-18)14-24-19(27)11-12-25-32(28,29)16-9-7-15(8-10-16)31-20(21,22)23/h5-10,13,17,25H,3-4,11-12,14H2,1-2H3,(H,24,27). The SMILES string of the molecule is CCN(CC)C(CNC(=O)CCNS(=O)(=O)c1ccc(OC(F)(F)F)cc1)c1ccco1. The van der Waals surface area contributed by atoms with Crippen molar-refractivity contribution in [1.82, 2.24) is 14.9 Å². The van der Waals surface area contributed by atoms with E-state index in [4.69, 9.17) is 4.42 Å². The summed E-state index contributed by atoms with van der Waals surface area (Å²) in [5.74, 6) is -0.173. The number of halogens is 3. The van der Waals surface area contributed by atoms with Crippen LogP contribution < -0.4 is 14.8 Å². The summed E-state index contributed by atoms with van der Waals surface area (Å²) in [5.41, 5.74) is 0. The van der Waals surface area contributed by atoms with Crippen LogP contribution in [0.2, 0.25) is 0 Å². The Balaban J connectivity index is 1.86. The van der Waals surface area contributed by atoms with Crippen molar-refractivity contribution in [3.63, 3.8) is 0 Å². The second kappa shape index (κ2) is 11.3. The average molecular weight is 478 g/mol. The molecule has 0 aliphatic carbocycles. The molecule has 1 aromatic heterocycles. The first-order valence-corrected chi connectivity index (χ1v) is 11.4. The van der Waals surface area contributed by atoms with Crippen molar-refractivity contribution in [3.8, 4) is 5.75 Å². The Labute approximate surface area is 184 Å². The van der Waals surface area contributed by atoms with Crippen molar-refractivity contribution < 1.29 is 35.5 Å². The molecule has 8 nitrogen and oxygen atoms in total. The molecular formula is C20H26F3N3O5S. The molecule has 1 atom stereocenters. The number of nitrogens with zero attached hydrogens (tertiary/aromatic N) is 1. The van der Waals surface area contributed by atoms with Gasteiger partial charge in [0.2, 0.25) is 15.9 Å². The Morgan fingerprint density at radius 1 is 1.16 bits per heavy atom. The van der Waals surface area contributed by atoms with Crippen molar-refractivity contribution >= 4 is 15.9 Å². The van der Waals surface area contributed by atoms with E-state index in [1.807, 2.05) is 19.9 Å². The smallest absolute Gasteiger partial charge is 0.468 e. The van der Waals surface area contributed by atoms with E-state index in [-0.39, 0.29) is 29.8 Å². The van der Waals surface area contributed by atoms with E-state index in [0.29, 0.717) is 12.3 Å². The van der Waals surface area contributed by atoms with Crippen LogP contribution in [0.1, 0.15) is 32.1 Å². The Hall–Kier alpha value is -2.57. The fourth-order valence-electron chi connectivity index (χ4n) is 3.06. The second-order valence-electron chi connectivity index (χ2n) is 6.72. The van der Waals surface area contributed by atoms with Crippen molar-refractivity contribution in [3.05, 3.63) is 48.4 Å². The maximum Gasteiger partial charge on any atom is 0.573 e. The summed E-state index contributed by atoms with van der Waals surface area (Å²) in [7, 11) is -3.99. The van der Waals surface area contributed by atoms with Crippen LogP contribution in [0.3, 0.4) is 0 Å². The first kappa shape index (κ1) is 25.7. The molecule has 32 heavy (non-hydrogen) atoms. The lowest BCUT2D eigenvalue weighted by Gasteiger charge is -2.28. The monoisotopic (exact) mass is 477 g/mol. The van der Waals surface area contributed by atoms with E-state index in [1.165, 1.54) is 0 Å². The minimum absolute atomic E-state index is 0.113. The van der Waals surface area contributed by atoms with E-state index in [9.17, 15) is 26.4 Å². The van der Waals surface area contributed by atoms with Gasteiger partial charge in [0.05, 0.1) is 17.2 Å². The molecule has 0 saturated carbocycles. The third kappa shape index (κ3) is 7.84. The zero-order valence-corrected chi connectivity index (χ0v) is 18.5. The highest BCUT2D eigenvalue weighted by Gasteiger charge is 2.31. The molecule has 0 aliphatic heterocycles. The van der Waals surface area contributed by atoms with Gasteiger partial charge in [-0.3, -0.25) is 9.69 Å². The fourth-order valence-corrected chi connectivity index (χ4v) is 4.09. The lowest BCUT2D eigenvalue weighted by Crippen LogP contribution is -2.38. The molecule has 1 unspecified atom stereocenters. The van der Waals surface area contributed by atoms with Crippen LogP contribution in [0.25, 0.3) is 0 Å². The van der Waals surface area contributed by atoms with Gasteiger partial charge in [-0.2, -0.15) is 0 Å². The van der Waals surface area contributed by atoms with E-state index < -0.39 is 22.1 Å². The highest BCUT2D eigenvalue weighted by Crippen LogP contribution is 2.24. The molecule has 0 fully saturated rings. The molecule has 2 N–H and O–H groups in total. The van der Waals surface area contributed by atoms with Gasteiger partial charge in [0.1, 0.15) is 11.5 Å². The lowest BCUT2D eigenvalue weighted by atomic mass is 10.2. The minimum Gasteiger partial charge on any atom is -0.468 e. The number of hydrogen-bond donors (Lipinski definition) is 2. The van der Waals surface area contributed by atoms with Gasteiger partial charge < -0.3 is 14.5 Å². The summed E-state index contributed by atoms with van der Waals surface area (Å²) in [5, 5.41) is 2.78. The van der Waals surface area contributed by atoms with Crippen LogP contribution in [-0.2, 0) is 14.8 Å². The number of alkyl halides is 3. The van der Waals surface area contributed by atoms with Gasteiger partial charge >= 0.3 is 6.36 Å². The average Bonchev–Trinajstić information content (AvgIpc) is 3.24. The maximum atomic E-state index is 12.3. The first-order chi connectivity index (χ1) is 15.1.